The summed E-state index contributed by atoms with van der Waals surface area (Å²) in [6, 6.07) is 8.65. The van der Waals surface area contributed by atoms with Crippen molar-refractivity contribution < 1.29 is 5.11 Å². The van der Waals surface area contributed by atoms with Crippen LogP contribution in [-0.4, -0.2) is 41.8 Å². The zero-order valence-electron chi connectivity index (χ0n) is 11.5. The summed E-state index contributed by atoms with van der Waals surface area (Å²) in [5.41, 5.74) is 1.32. The molecule has 1 heterocycles. The largest absolute Gasteiger partial charge is 0.392 e. The molecule has 106 valence electrons. The summed E-state index contributed by atoms with van der Waals surface area (Å²) < 4.78 is 0. The number of hydrogen-bond donors (Lipinski definition) is 2. The van der Waals surface area contributed by atoms with Crippen molar-refractivity contribution in [3.8, 4) is 0 Å². The van der Waals surface area contributed by atoms with Gasteiger partial charge in [0.05, 0.1) is 6.10 Å². The molecule has 0 radical (unpaired) electrons. The predicted octanol–water partition coefficient (Wildman–Crippen LogP) is 2.27. The van der Waals surface area contributed by atoms with Crippen LogP contribution in [0.3, 0.4) is 0 Å². The number of aliphatic hydroxyl groups excluding tert-OH is 1. The first-order valence-corrected chi connectivity index (χ1v) is 7.39. The number of hydrogen-bond acceptors (Lipinski definition) is 3. The van der Waals surface area contributed by atoms with Crippen LogP contribution in [0.15, 0.2) is 24.3 Å². The number of piperidine rings is 1. The summed E-state index contributed by atoms with van der Waals surface area (Å²) in [5.74, 6) is 0. The maximum Gasteiger partial charge on any atom is 0.0636 e. The molecule has 1 atom stereocenters. The molecule has 1 aliphatic rings. The van der Waals surface area contributed by atoms with Crippen LogP contribution in [0.2, 0.25) is 5.02 Å². The number of nitrogens with zero attached hydrogens (tertiary/aromatic N) is 1. The number of nitrogens with one attached hydrogen (secondary N) is 1. The lowest BCUT2D eigenvalue weighted by molar-refractivity contribution is 0.159. The summed E-state index contributed by atoms with van der Waals surface area (Å²) in [7, 11) is 0. The fraction of sp³-hybridized carbons (Fsp3) is 0.600. The van der Waals surface area contributed by atoms with Crippen molar-refractivity contribution in [1.82, 2.24) is 10.2 Å². The van der Waals surface area contributed by atoms with Gasteiger partial charge < -0.3 is 10.4 Å². The number of halogens is 1. The Bertz CT molecular complexity index is 372. The second-order valence-corrected chi connectivity index (χ2v) is 5.87. The molecule has 2 rings (SSSR count). The summed E-state index contributed by atoms with van der Waals surface area (Å²) >= 11 is 5.89. The van der Waals surface area contributed by atoms with Crippen LogP contribution in [0.4, 0.5) is 0 Å². The molecular weight excluding hydrogens is 260 g/mol. The van der Waals surface area contributed by atoms with Crippen LogP contribution < -0.4 is 5.32 Å². The fourth-order valence-corrected chi connectivity index (χ4v) is 2.61. The lowest BCUT2D eigenvalue weighted by Crippen LogP contribution is -2.43. The molecular formula is C15H23ClN2O. The van der Waals surface area contributed by atoms with Crippen molar-refractivity contribution in [2.45, 2.75) is 38.5 Å². The smallest absolute Gasteiger partial charge is 0.0636 e. The van der Waals surface area contributed by atoms with Crippen molar-refractivity contribution in [2.75, 3.05) is 19.6 Å². The monoisotopic (exact) mass is 282 g/mol. The van der Waals surface area contributed by atoms with Crippen LogP contribution in [-0.2, 0) is 6.54 Å². The van der Waals surface area contributed by atoms with Gasteiger partial charge in [0, 0.05) is 24.2 Å². The lowest BCUT2D eigenvalue weighted by atomic mass is 10.0. The molecule has 2 N–H and O–H groups in total. The minimum Gasteiger partial charge on any atom is -0.392 e. The molecule has 1 fully saturated rings. The summed E-state index contributed by atoms with van der Waals surface area (Å²) in [6.45, 7) is 5.74. The van der Waals surface area contributed by atoms with Crippen molar-refractivity contribution in [3.63, 3.8) is 0 Å². The van der Waals surface area contributed by atoms with E-state index in [9.17, 15) is 5.11 Å². The first-order valence-electron chi connectivity index (χ1n) is 7.02. The minimum atomic E-state index is -0.257. The number of benzene rings is 1. The third-order valence-corrected chi connectivity index (χ3v) is 3.86. The molecule has 19 heavy (non-hydrogen) atoms. The third kappa shape index (κ3) is 5.11. The van der Waals surface area contributed by atoms with Gasteiger partial charge in [-0.05, 0) is 50.6 Å². The first kappa shape index (κ1) is 14.8. The van der Waals surface area contributed by atoms with E-state index in [2.05, 4.69) is 22.3 Å². The number of rotatable bonds is 5. The average Bonchev–Trinajstić information content (AvgIpc) is 2.40. The van der Waals surface area contributed by atoms with Gasteiger partial charge in [-0.25, -0.2) is 0 Å². The summed E-state index contributed by atoms with van der Waals surface area (Å²) in [4.78, 5) is 2.48. The maximum absolute atomic E-state index is 9.27. The standard InChI is InChI=1S/C15H23ClN2O/c1-12(19)10-17-15-6-8-18(9-7-15)11-13-2-4-14(16)5-3-13/h2-5,12,15,17,19H,6-11H2,1H3. The molecule has 0 aliphatic carbocycles. The van der Waals surface area contributed by atoms with Crippen molar-refractivity contribution in [1.29, 1.82) is 0 Å². The van der Waals surface area contributed by atoms with Gasteiger partial charge in [-0.15, -0.1) is 0 Å². The first-order chi connectivity index (χ1) is 9.13. The van der Waals surface area contributed by atoms with E-state index in [1.165, 1.54) is 5.56 Å². The highest BCUT2D eigenvalue weighted by Gasteiger charge is 2.18. The molecule has 1 aromatic rings. The van der Waals surface area contributed by atoms with Crippen molar-refractivity contribution >= 4 is 11.6 Å². The molecule has 3 nitrogen and oxygen atoms in total. The molecule has 0 aromatic heterocycles. The molecule has 4 heteroatoms. The Morgan fingerprint density at radius 1 is 1.32 bits per heavy atom. The minimum absolute atomic E-state index is 0.257. The Balaban J connectivity index is 1.72. The van der Waals surface area contributed by atoms with E-state index in [4.69, 9.17) is 11.6 Å². The van der Waals surface area contributed by atoms with E-state index >= 15 is 0 Å². The third-order valence-electron chi connectivity index (χ3n) is 3.61. The molecule has 1 saturated heterocycles. The van der Waals surface area contributed by atoms with Gasteiger partial charge >= 0.3 is 0 Å². The van der Waals surface area contributed by atoms with E-state index in [0.717, 1.165) is 37.5 Å². The van der Waals surface area contributed by atoms with E-state index in [0.29, 0.717) is 12.6 Å². The molecule has 0 saturated carbocycles. The van der Waals surface area contributed by atoms with Gasteiger partial charge in [0.25, 0.3) is 0 Å². The Hall–Kier alpha value is -0.610. The fourth-order valence-electron chi connectivity index (χ4n) is 2.48. The summed E-state index contributed by atoms with van der Waals surface area (Å²) in [6.07, 6.45) is 2.05. The van der Waals surface area contributed by atoms with E-state index < -0.39 is 0 Å². The SMILES string of the molecule is CC(O)CNC1CCN(Cc2ccc(Cl)cc2)CC1. The van der Waals surface area contributed by atoms with Crippen LogP contribution in [0, 0.1) is 0 Å². The van der Waals surface area contributed by atoms with Gasteiger partial charge in [-0.1, -0.05) is 23.7 Å². The zero-order valence-corrected chi connectivity index (χ0v) is 12.2. The molecule has 1 unspecified atom stereocenters. The number of likely N-dealkylation sites (tertiary alicyclic amines) is 1. The highest BCUT2D eigenvalue weighted by Crippen LogP contribution is 2.15. The van der Waals surface area contributed by atoms with Crippen LogP contribution >= 0.6 is 11.6 Å². The Labute approximate surface area is 120 Å². The van der Waals surface area contributed by atoms with Gasteiger partial charge in [0.2, 0.25) is 0 Å². The normalized spacial score (nSPS) is 19.5. The maximum atomic E-state index is 9.27. The molecule has 1 aliphatic heterocycles. The molecule has 0 bridgehead atoms. The van der Waals surface area contributed by atoms with Gasteiger partial charge in [0.15, 0.2) is 0 Å². The predicted molar refractivity (Wildman–Crippen MR) is 79.4 cm³/mol. The molecule has 0 amide bonds. The summed E-state index contributed by atoms with van der Waals surface area (Å²) in [5, 5.41) is 13.5. The highest BCUT2D eigenvalue weighted by atomic mass is 35.5. The Morgan fingerprint density at radius 3 is 2.53 bits per heavy atom. The molecule has 0 spiro atoms. The Kier molecular flexibility index (Phi) is 5.64. The second kappa shape index (κ2) is 7.25. The van der Waals surface area contributed by atoms with Crippen LogP contribution in [0.1, 0.15) is 25.3 Å². The second-order valence-electron chi connectivity index (χ2n) is 5.43. The number of aliphatic hydroxyl groups is 1. The zero-order chi connectivity index (χ0) is 13.7. The molecule has 1 aromatic carbocycles. The van der Waals surface area contributed by atoms with Crippen LogP contribution in [0.5, 0.6) is 0 Å². The lowest BCUT2D eigenvalue weighted by Gasteiger charge is -2.32. The van der Waals surface area contributed by atoms with Gasteiger partial charge in [-0.3, -0.25) is 4.90 Å². The van der Waals surface area contributed by atoms with Gasteiger partial charge in [0.1, 0.15) is 0 Å². The van der Waals surface area contributed by atoms with E-state index in [1.54, 1.807) is 0 Å². The highest BCUT2D eigenvalue weighted by molar-refractivity contribution is 6.30. The van der Waals surface area contributed by atoms with E-state index in [-0.39, 0.29) is 6.10 Å². The van der Waals surface area contributed by atoms with Crippen molar-refractivity contribution in [3.05, 3.63) is 34.9 Å². The van der Waals surface area contributed by atoms with Crippen LogP contribution in [0.25, 0.3) is 0 Å². The van der Waals surface area contributed by atoms with E-state index in [1.807, 2.05) is 19.1 Å². The topological polar surface area (TPSA) is 35.5 Å². The van der Waals surface area contributed by atoms with Crippen molar-refractivity contribution in [2.24, 2.45) is 0 Å². The Morgan fingerprint density at radius 2 is 1.95 bits per heavy atom. The average molecular weight is 283 g/mol. The van der Waals surface area contributed by atoms with Gasteiger partial charge in [-0.2, -0.15) is 0 Å². The quantitative estimate of drug-likeness (QED) is 0.870.